The van der Waals surface area contributed by atoms with E-state index in [0.29, 0.717) is 47.7 Å². The molecule has 9 heteroatoms. The van der Waals surface area contributed by atoms with E-state index in [2.05, 4.69) is 0 Å². The number of hydrogen-bond acceptors (Lipinski definition) is 5. The molecule has 1 heterocycles. The van der Waals surface area contributed by atoms with Gasteiger partial charge in [-0.3, -0.25) is 14.9 Å². The van der Waals surface area contributed by atoms with Crippen LogP contribution in [-0.4, -0.2) is 48.5 Å². The van der Waals surface area contributed by atoms with E-state index in [1.54, 1.807) is 35.2 Å². The molecule has 1 aliphatic rings. The van der Waals surface area contributed by atoms with E-state index >= 15 is 0 Å². The highest BCUT2D eigenvalue weighted by Gasteiger charge is 2.27. The molecule has 0 N–H and O–H groups in total. The van der Waals surface area contributed by atoms with Gasteiger partial charge in [-0.15, -0.1) is 0 Å². The first-order chi connectivity index (χ1) is 13.4. The fraction of sp³-hybridized carbons (Fsp3) is 0.316. The van der Waals surface area contributed by atoms with Crippen LogP contribution in [-0.2, 0) is 4.79 Å². The van der Waals surface area contributed by atoms with Gasteiger partial charge in [0.2, 0.25) is 0 Å². The minimum atomic E-state index is -0.444. The van der Waals surface area contributed by atoms with Crippen molar-refractivity contribution in [1.82, 2.24) is 4.90 Å². The van der Waals surface area contributed by atoms with Crippen molar-refractivity contribution in [3.05, 3.63) is 62.1 Å². The lowest BCUT2D eigenvalue weighted by Crippen LogP contribution is -2.50. The Morgan fingerprint density at radius 3 is 2.50 bits per heavy atom. The molecular weight excluding hydrogens is 405 g/mol. The zero-order valence-electron chi connectivity index (χ0n) is 15.2. The lowest BCUT2D eigenvalue weighted by Gasteiger charge is -2.36. The van der Waals surface area contributed by atoms with Crippen LogP contribution in [0.1, 0.15) is 5.56 Å². The molecule has 7 nitrogen and oxygen atoms in total. The van der Waals surface area contributed by atoms with Crippen LogP contribution >= 0.6 is 23.2 Å². The monoisotopic (exact) mass is 423 g/mol. The number of benzene rings is 2. The number of carbonyl (C=O) groups is 1. The smallest absolute Gasteiger partial charge is 0.294 e. The summed E-state index contributed by atoms with van der Waals surface area (Å²) in [6.07, 6.45) is 0. The van der Waals surface area contributed by atoms with E-state index in [0.717, 1.165) is 5.56 Å². The maximum Gasteiger partial charge on any atom is 0.294 e. The van der Waals surface area contributed by atoms with Crippen molar-refractivity contribution >= 4 is 40.5 Å². The number of halogens is 2. The second kappa shape index (κ2) is 8.67. The fourth-order valence-corrected chi connectivity index (χ4v) is 3.49. The normalized spacial score (nSPS) is 14.1. The summed E-state index contributed by atoms with van der Waals surface area (Å²) in [5, 5.41) is 12.3. The van der Waals surface area contributed by atoms with Gasteiger partial charge in [0.25, 0.3) is 11.6 Å². The number of para-hydroxylation sites is 1. The van der Waals surface area contributed by atoms with Gasteiger partial charge in [-0.05, 0) is 36.8 Å². The first-order valence-electron chi connectivity index (χ1n) is 8.71. The average Bonchev–Trinajstić information content (AvgIpc) is 2.68. The molecule has 28 heavy (non-hydrogen) atoms. The predicted octanol–water partition coefficient (Wildman–Crippen LogP) is 3.94. The molecule has 0 radical (unpaired) electrons. The number of nitro groups is 1. The van der Waals surface area contributed by atoms with E-state index in [4.69, 9.17) is 27.9 Å². The van der Waals surface area contributed by atoms with E-state index in [9.17, 15) is 14.9 Å². The van der Waals surface area contributed by atoms with Crippen molar-refractivity contribution in [3.8, 4) is 5.75 Å². The van der Waals surface area contributed by atoms with Gasteiger partial charge in [-0.25, -0.2) is 0 Å². The molecule has 1 amide bonds. The highest BCUT2D eigenvalue weighted by atomic mass is 35.5. The van der Waals surface area contributed by atoms with Gasteiger partial charge in [-0.2, -0.15) is 0 Å². The molecule has 3 rings (SSSR count). The largest absolute Gasteiger partial charge is 0.484 e. The van der Waals surface area contributed by atoms with Crippen molar-refractivity contribution in [1.29, 1.82) is 0 Å². The summed E-state index contributed by atoms with van der Waals surface area (Å²) in [6.45, 7) is 3.57. The lowest BCUT2D eigenvalue weighted by molar-refractivity contribution is -0.384. The molecule has 1 aliphatic heterocycles. The average molecular weight is 424 g/mol. The quantitative estimate of drug-likeness (QED) is 0.537. The third kappa shape index (κ3) is 4.48. The first-order valence-corrected chi connectivity index (χ1v) is 9.47. The molecule has 2 aromatic carbocycles. The van der Waals surface area contributed by atoms with Gasteiger partial charge in [-0.1, -0.05) is 29.3 Å². The molecule has 0 bridgehead atoms. The molecule has 2 aromatic rings. The number of rotatable bonds is 5. The minimum absolute atomic E-state index is 0.0336. The number of amides is 1. The molecule has 0 aliphatic carbocycles. The van der Waals surface area contributed by atoms with E-state index in [1.807, 2.05) is 11.8 Å². The summed E-state index contributed by atoms with van der Waals surface area (Å²) < 4.78 is 5.56. The van der Waals surface area contributed by atoms with Gasteiger partial charge in [0, 0.05) is 37.3 Å². The fourth-order valence-electron chi connectivity index (χ4n) is 3.09. The van der Waals surface area contributed by atoms with Crippen molar-refractivity contribution in [3.63, 3.8) is 0 Å². The van der Waals surface area contributed by atoms with E-state index < -0.39 is 4.92 Å². The zero-order valence-corrected chi connectivity index (χ0v) is 16.7. The van der Waals surface area contributed by atoms with Crippen molar-refractivity contribution in [2.24, 2.45) is 0 Å². The van der Waals surface area contributed by atoms with Crippen LogP contribution in [0.2, 0.25) is 10.0 Å². The SMILES string of the molecule is Cc1cc(OCC(=O)N2CCN(c3c(Cl)cccc3[N+](=O)[O-])CC2)ccc1Cl. The number of anilines is 1. The van der Waals surface area contributed by atoms with Gasteiger partial charge < -0.3 is 14.5 Å². The van der Waals surface area contributed by atoms with Crippen LogP contribution in [0.3, 0.4) is 0 Å². The molecule has 1 fully saturated rings. The molecule has 0 spiro atoms. The number of aryl methyl sites for hydroxylation is 1. The Kier molecular flexibility index (Phi) is 6.26. The molecule has 0 unspecified atom stereocenters. The van der Waals surface area contributed by atoms with Gasteiger partial charge in [0.05, 0.1) is 9.95 Å². The standard InChI is InChI=1S/C19H19Cl2N3O4/c1-13-11-14(5-6-15(13)20)28-12-18(25)22-7-9-23(10-8-22)19-16(21)3-2-4-17(19)24(26)27/h2-6,11H,7-10,12H2,1H3. The highest BCUT2D eigenvalue weighted by molar-refractivity contribution is 6.33. The number of piperazine rings is 1. The zero-order chi connectivity index (χ0) is 20.3. The van der Waals surface area contributed by atoms with Crippen LogP contribution in [0.5, 0.6) is 5.75 Å². The first kappa shape index (κ1) is 20.2. The minimum Gasteiger partial charge on any atom is -0.484 e. The third-order valence-electron chi connectivity index (χ3n) is 4.60. The van der Waals surface area contributed by atoms with Crippen molar-refractivity contribution < 1.29 is 14.5 Å². The summed E-state index contributed by atoms with van der Waals surface area (Å²) in [5.41, 5.74) is 1.24. The molecule has 1 saturated heterocycles. The molecule has 0 atom stereocenters. The Balaban J connectivity index is 1.59. The summed E-state index contributed by atoms with van der Waals surface area (Å²) >= 11 is 12.2. The Bertz CT molecular complexity index is 899. The maximum absolute atomic E-state index is 12.4. The number of carbonyl (C=O) groups excluding carboxylic acids is 1. The topological polar surface area (TPSA) is 75.9 Å². The summed E-state index contributed by atoms with van der Waals surface area (Å²) in [7, 11) is 0. The Labute approximate surface area is 172 Å². The van der Waals surface area contributed by atoms with Crippen LogP contribution in [0, 0.1) is 17.0 Å². The summed E-state index contributed by atoms with van der Waals surface area (Å²) in [5.74, 6) is 0.446. The Morgan fingerprint density at radius 1 is 1.14 bits per heavy atom. The molecule has 148 valence electrons. The van der Waals surface area contributed by atoms with Gasteiger partial charge >= 0.3 is 0 Å². The molecule has 0 saturated carbocycles. The molecular formula is C19H19Cl2N3O4. The van der Waals surface area contributed by atoms with Crippen LogP contribution in [0.25, 0.3) is 0 Å². The summed E-state index contributed by atoms with van der Waals surface area (Å²) in [4.78, 5) is 26.8. The number of ether oxygens (including phenoxy) is 1. The summed E-state index contributed by atoms with van der Waals surface area (Å²) in [6, 6.07) is 9.84. The Morgan fingerprint density at radius 2 is 1.86 bits per heavy atom. The van der Waals surface area contributed by atoms with Crippen LogP contribution in [0.4, 0.5) is 11.4 Å². The number of hydrogen-bond donors (Lipinski definition) is 0. The third-order valence-corrected chi connectivity index (χ3v) is 5.33. The highest BCUT2D eigenvalue weighted by Crippen LogP contribution is 2.35. The van der Waals surface area contributed by atoms with Gasteiger partial charge in [0.15, 0.2) is 6.61 Å². The number of nitro benzene ring substituents is 1. The second-order valence-electron chi connectivity index (χ2n) is 6.43. The van der Waals surface area contributed by atoms with Crippen molar-refractivity contribution in [2.45, 2.75) is 6.92 Å². The van der Waals surface area contributed by atoms with Crippen LogP contribution in [0.15, 0.2) is 36.4 Å². The maximum atomic E-state index is 12.4. The number of nitrogens with zero attached hydrogens (tertiary/aromatic N) is 3. The molecule has 0 aromatic heterocycles. The van der Waals surface area contributed by atoms with Gasteiger partial charge in [0.1, 0.15) is 11.4 Å². The van der Waals surface area contributed by atoms with E-state index in [1.165, 1.54) is 6.07 Å². The van der Waals surface area contributed by atoms with Crippen molar-refractivity contribution in [2.75, 3.05) is 37.7 Å². The van der Waals surface area contributed by atoms with Crippen LogP contribution < -0.4 is 9.64 Å². The lowest BCUT2D eigenvalue weighted by atomic mass is 10.2. The predicted molar refractivity (Wildman–Crippen MR) is 109 cm³/mol. The Hall–Kier alpha value is -2.51. The second-order valence-corrected chi connectivity index (χ2v) is 7.25. The van der Waals surface area contributed by atoms with E-state index in [-0.39, 0.29) is 18.2 Å².